The first-order valence-electron chi connectivity index (χ1n) is 8.28. The average Bonchev–Trinajstić information content (AvgIpc) is 2.86. The molecule has 23 heavy (non-hydrogen) atoms. The summed E-state index contributed by atoms with van der Waals surface area (Å²) in [6.07, 6.45) is 0. The van der Waals surface area contributed by atoms with Crippen LogP contribution >= 0.6 is 0 Å². The summed E-state index contributed by atoms with van der Waals surface area (Å²) in [5.74, 6) is 0.00233. The van der Waals surface area contributed by atoms with Crippen LogP contribution in [0.3, 0.4) is 0 Å². The topological polar surface area (TPSA) is 46.1 Å². The van der Waals surface area contributed by atoms with Crippen LogP contribution in [0.1, 0.15) is 47.2 Å². The monoisotopic (exact) mass is 313 g/mol. The van der Waals surface area contributed by atoms with Crippen molar-refractivity contribution in [3.05, 3.63) is 58.9 Å². The van der Waals surface area contributed by atoms with Crippen LogP contribution in [-0.4, -0.2) is 30.1 Å². The fourth-order valence-electron chi connectivity index (χ4n) is 3.02. The van der Waals surface area contributed by atoms with Gasteiger partial charge < -0.3 is 15.2 Å². The molecule has 1 aromatic heterocycles. The Hall–Kier alpha value is -2.07. The van der Waals surface area contributed by atoms with E-state index in [-0.39, 0.29) is 11.9 Å². The predicted molar refractivity (Wildman–Crippen MR) is 95.0 cm³/mol. The molecule has 0 fully saturated rings. The van der Waals surface area contributed by atoms with Gasteiger partial charge in [0.2, 0.25) is 0 Å². The van der Waals surface area contributed by atoms with Crippen LogP contribution < -0.4 is 10.6 Å². The van der Waals surface area contributed by atoms with Gasteiger partial charge in [-0.15, -0.1) is 0 Å². The lowest BCUT2D eigenvalue weighted by atomic mass is 10.1. The van der Waals surface area contributed by atoms with Crippen LogP contribution in [0, 0.1) is 13.8 Å². The number of carbonyl (C=O) groups is 1. The number of nitrogens with zero attached hydrogens (tertiary/aromatic N) is 1. The zero-order valence-corrected chi connectivity index (χ0v) is 14.5. The molecule has 0 saturated carbocycles. The van der Waals surface area contributed by atoms with Crippen LogP contribution in [0.4, 0.5) is 0 Å². The van der Waals surface area contributed by atoms with E-state index in [0.29, 0.717) is 6.54 Å². The van der Waals surface area contributed by atoms with Crippen LogP contribution in [0.15, 0.2) is 36.4 Å². The summed E-state index contributed by atoms with van der Waals surface area (Å²) in [6.45, 7) is 10.7. The van der Waals surface area contributed by atoms with Gasteiger partial charge in [0.15, 0.2) is 0 Å². The van der Waals surface area contributed by atoms with Gasteiger partial charge in [-0.2, -0.15) is 0 Å². The fourth-order valence-corrected chi connectivity index (χ4v) is 3.02. The minimum absolute atomic E-state index is 0.00233. The van der Waals surface area contributed by atoms with E-state index in [1.165, 1.54) is 5.56 Å². The van der Waals surface area contributed by atoms with E-state index >= 15 is 0 Å². The summed E-state index contributed by atoms with van der Waals surface area (Å²) in [4.78, 5) is 12.4. The third-order valence-corrected chi connectivity index (χ3v) is 4.24. The Morgan fingerprint density at radius 2 is 1.87 bits per heavy atom. The molecule has 124 valence electrons. The molecule has 0 saturated heterocycles. The number of aromatic nitrogens is 1. The molecule has 0 bridgehead atoms. The van der Waals surface area contributed by atoms with Crippen LogP contribution in [-0.2, 0) is 0 Å². The van der Waals surface area contributed by atoms with Gasteiger partial charge in [-0.1, -0.05) is 37.3 Å². The number of aryl methyl sites for hydroxylation is 1. The summed E-state index contributed by atoms with van der Waals surface area (Å²) in [5, 5.41) is 6.19. The maximum Gasteiger partial charge on any atom is 0.253 e. The first-order valence-corrected chi connectivity index (χ1v) is 8.28. The predicted octanol–water partition coefficient (Wildman–Crippen LogP) is 3.05. The second-order valence-corrected chi connectivity index (χ2v) is 5.85. The molecule has 4 nitrogen and oxygen atoms in total. The van der Waals surface area contributed by atoms with E-state index in [0.717, 1.165) is 30.0 Å². The maximum absolute atomic E-state index is 12.4. The third kappa shape index (κ3) is 4.02. The van der Waals surface area contributed by atoms with Gasteiger partial charge >= 0.3 is 0 Å². The van der Waals surface area contributed by atoms with E-state index in [4.69, 9.17) is 0 Å². The van der Waals surface area contributed by atoms with Crippen molar-refractivity contribution >= 4 is 5.91 Å². The first-order chi connectivity index (χ1) is 11.1. The quantitative estimate of drug-likeness (QED) is 0.772. The average molecular weight is 313 g/mol. The van der Waals surface area contributed by atoms with Gasteiger partial charge in [0.1, 0.15) is 0 Å². The van der Waals surface area contributed by atoms with E-state index in [2.05, 4.69) is 48.1 Å². The molecule has 0 aliphatic heterocycles. The minimum Gasteiger partial charge on any atom is -0.351 e. The van der Waals surface area contributed by atoms with Crippen molar-refractivity contribution in [2.45, 2.75) is 33.7 Å². The Morgan fingerprint density at radius 1 is 1.17 bits per heavy atom. The lowest BCUT2D eigenvalue weighted by Crippen LogP contribution is -2.32. The molecule has 2 aromatic rings. The third-order valence-electron chi connectivity index (χ3n) is 4.24. The van der Waals surface area contributed by atoms with Gasteiger partial charge in [-0.3, -0.25) is 4.79 Å². The van der Waals surface area contributed by atoms with Crippen LogP contribution in [0.2, 0.25) is 0 Å². The number of amides is 1. The normalized spacial score (nSPS) is 12.2. The molecular weight excluding hydrogens is 286 g/mol. The Morgan fingerprint density at radius 3 is 2.52 bits per heavy atom. The summed E-state index contributed by atoms with van der Waals surface area (Å²) >= 11 is 0. The van der Waals surface area contributed by atoms with Crippen molar-refractivity contribution in [2.75, 3.05) is 19.6 Å². The number of hydrogen-bond acceptors (Lipinski definition) is 2. The van der Waals surface area contributed by atoms with Gasteiger partial charge in [0.05, 0.1) is 11.6 Å². The molecule has 1 unspecified atom stereocenters. The highest BCUT2D eigenvalue weighted by molar-refractivity contribution is 5.95. The summed E-state index contributed by atoms with van der Waals surface area (Å²) in [5.41, 5.74) is 4.13. The summed E-state index contributed by atoms with van der Waals surface area (Å²) < 4.78 is 2.23. The van der Waals surface area contributed by atoms with E-state index in [1.807, 2.05) is 31.2 Å². The lowest BCUT2D eigenvalue weighted by Gasteiger charge is -2.19. The van der Waals surface area contributed by atoms with Crippen molar-refractivity contribution in [1.82, 2.24) is 15.2 Å². The van der Waals surface area contributed by atoms with Crippen molar-refractivity contribution in [3.8, 4) is 0 Å². The fraction of sp³-hybridized carbons (Fsp3) is 0.421. The molecule has 1 heterocycles. The molecule has 4 heteroatoms. The zero-order valence-electron chi connectivity index (χ0n) is 14.5. The Labute approximate surface area is 138 Å². The highest BCUT2D eigenvalue weighted by atomic mass is 16.1. The van der Waals surface area contributed by atoms with Crippen molar-refractivity contribution < 1.29 is 4.79 Å². The largest absolute Gasteiger partial charge is 0.351 e. The summed E-state index contributed by atoms with van der Waals surface area (Å²) in [6, 6.07) is 12.6. The Kier molecular flexibility index (Phi) is 5.99. The molecule has 0 aliphatic rings. The first kappa shape index (κ1) is 17.3. The van der Waals surface area contributed by atoms with Gasteiger partial charge in [-0.05, 0) is 38.9 Å². The highest BCUT2D eigenvalue weighted by Gasteiger charge is 2.19. The number of hydrogen-bond donors (Lipinski definition) is 2. The Bertz CT molecular complexity index is 646. The van der Waals surface area contributed by atoms with Gasteiger partial charge in [0, 0.05) is 24.5 Å². The van der Waals surface area contributed by atoms with Gasteiger partial charge in [-0.25, -0.2) is 0 Å². The minimum atomic E-state index is 0.00233. The molecule has 1 aromatic carbocycles. The smallest absolute Gasteiger partial charge is 0.253 e. The van der Waals surface area contributed by atoms with E-state index < -0.39 is 0 Å². The number of rotatable bonds is 7. The molecule has 2 N–H and O–H groups in total. The zero-order chi connectivity index (χ0) is 16.8. The number of benzene rings is 1. The van der Waals surface area contributed by atoms with Gasteiger partial charge in [0.25, 0.3) is 5.91 Å². The van der Waals surface area contributed by atoms with Crippen molar-refractivity contribution in [1.29, 1.82) is 0 Å². The molecular formula is C19H27N3O. The maximum atomic E-state index is 12.4. The number of likely N-dealkylation sites (N-methyl/N-ethyl adjacent to an activating group) is 1. The molecule has 1 atom stereocenters. The molecule has 0 aliphatic carbocycles. The van der Waals surface area contributed by atoms with Crippen LogP contribution in [0.25, 0.3) is 0 Å². The number of nitrogens with one attached hydrogen (secondary N) is 2. The highest BCUT2D eigenvalue weighted by Crippen LogP contribution is 2.25. The van der Waals surface area contributed by atoms with Crippen molar-refractivity contribution in [3.63, 3.8) is 0 Å². The van der Waals surface area contributed by atoms with E-state index in [1.54, 1.807) is 0 Å². The Balaban J connectivity index is 2.17. The SMILES string of the molecule is CCNCCNC(=O)c1cc(C)n(C(C)c2ccccc2)c1C. The standard InChI is InChI=1S/C19H27N3O/c1-5-20-11-12-21-19(23)18-13-14(2)22(16(18)4)15(3)17-9-7-6-8-10-17/h6-10,13,15,20H,5,11-12H2,1-4H3,(H,21,23). The molecule has 0 radical (unpaired) electrons. The summed E-state index contributed by atoms with van der Waals surface area (Å²) in [7, 11) is 0. The second-order valence-electron chi connectivity index (χ2n) is 5.85. The molecule has 0 spiro atoms. The van der Waals surface area contributed by atoms with Crippen molar-refractivity contribution in [2.24, 2.45) is 0 Å². The molecule has 1 amide bonds. The second kappa shape index (κ2) is 7.97. The molecule has 2 rings (SSSR count). The lowest BCUT2D eigenvalue weighted by molar-refractivity contribution is 0.0953. The number of carbonyl (C=O) groups excluding carboxylic acids is 1. The van der Waals surface area contributed by atoms with E-state index in [9.17, 15) is 4.79 Å². The van der Waals surface area contributed by atoms with Crippen LogP contribution in [0.5, 0.6) is 0 Å².